The number of nitrogens with one attached hydrogen (secondary N) is 3. The monoisotopic (exact) mass is 374 g/mol. The average Bonchev–Trinajstić information content (AvgIpc) is 3.34. The summed E-state index contributed by atoms with van der Waals surface area (Å²) in [6.07, 6.45) is 3.55. The van der Waals surface area contributed by atoms with Gasteiger partial charge in [0.1, 0.15) is 5.82 Å². The molecule has 3 N–H and O–H groups in total. The fourth-order valence-corrected chi connectivity index (χ4v) is 3.86. The molecule has 8 heteroatoms. The van der Waals surface area contributed by atoms with Gasteiger partial charge in [0.2, 0.25) is 0 Å². The molecule has 0 bridgehead atoms. The Morgan fingerprint density at radius 2 is 1.93 bits per heavy atom. The molecule has 0 saturated carbocycles. The summed E-state index contributed by atoms with van der Waals surface area (Å²) in [7, 11) is 0. The highest BCUT2D eigenvalue weighted by atomic mass is 15.2. The zero-order valence-electron chi connectivity index (χ0n) is 16.0. The van der Waals surface area contributed by atoms with Crippen LogP contribution in [0.1, 0.15) is 11.4 Å². The van der Waals surface area contributed by atoms with Gasteiger partial charge in [-0.2, -0.15) is 5.10 Å². The van der Waals surface area contributed by atoms with Crippen LogP contribution in [0.5, 0.6) is 0 Å². The zero-order valence-corrected chi connectivity index (χ0v) is 16.0. The molecule has 0 spiro atoms. The van der Waals surface area contributed by atoms with Crippen molar-refractivity contribution in [2.45, 2.75) is 13.8 Å². The van der Waals surface area contributed by atoms with E-state index in [1.807, 2.05) is 26.1 Å². The minimum absolute atomic E-state index is 0.736. The number of piperazine rings is 1. The highest BCUT2D eigenvalue weighted by Crippen LogP contribution is 2.32. The number of aryl methyl sites for hydroxylation is 2. The Labute approximate surface area is 162 Å². The molecule has 5 rings (SSSR count). The van der Waals surface area contributed by atoms with Crippen LogP contribution in [0.2, 0.25) is 0 Å². The summed E-state index contributed by atoms with van der Waals surface area (Å²) in [5.41, 5.74) is 7.77. The first-order chi connectivity index (χ1) is 13.7. The van der Waals surface area contributed by atoms with Crippen molar-refractivity contribution in [1.29, 1.82) is 0 Å². The van der Waals surface area contributed by atoms with Gasteiger partial charge < -0.3 is 15.2 Å². The van der Waals surface area contributed by atoms with Gasteiger partial charge >= 0.3 is 0 Å². The van der Waals surface area contributed by atoms with Gasteiger partial charge in [0, 0.05) is 49.2 Å². The van der Waals surface area contributed by atoms with E-state index in [2.05, 4.69) is 47.5 Å². The lowest BCUT2D eigenvalue weighted by Gasteiger charge is -2.28. The third-order valence-electron chi connectivity index (χ3n) is 5.28. The van der Waals surface area contributed by atoms with Crippen molar-refractivity contribution in [3.8, 4) is 22.4 Å². The molecule has 0 radical (unpaired) electrons. The third kappa shape index (κ3) is 2.82. The van der Waals surface area contributed by atoms with Crippen molar-refractivity contribution in [1.82, 2.24) is 35.5 Å². The summed E-state index contributed by atoms with van der Waals surface area (Å²) in [6.45, 7) is 7.83. The Morgan fingerprint density at radius 3 is 2.71 bits per heavy atom. The van der Waals surface area contributed by atoms with E-state index in [1.54, 1.807) is 6.33 Å². The molecule has 1 fully saturated rings. The summed E-state index contributed by atoms with van der Waals surface area (Å²) < 4.78 is 0. The SMILES string of the molecule is Cc1n[nH]c(C)c1-c1cc(-c2cc(N3CCNCC3)nc3nc[nH]c23)ccn1. The fraction of sp³-hybridized carbons (Fsp3) is 0.300. The average molecular weight is 374 g/mol. The Bertz CT molecular complexity index is 1120. The number of pyridine rings is 2. The smallest absolute Gasteiger partial charge is 0.180 e. The quantitative estimate of drug-likeness (QED) is 0.509. The Kier molecular flexibility index (Phi) is 4.05. The predicted molar refractivity (Wildman–Crippen MR) is 109 cm³/mol. The maximum absolute atomic E-state index is 4.77. The molecule has 0 aromatic carbocycles. The largest absolute Gasteiger partial charge is 0.354 e. The van der Waals surface area contributed by atoms with Crippen molar-refractivity contribution < 1.29 is 0 Å². The van der Waals surface area contributed by atoms with Crippen molar-refractivity contribution in [2.24, 2.45) is 0 Å². The standard InChI is InChI=1S/C20H22N8/c1-12-18(13(2)27-26-12)16-9-14(3-4-22-16)15-10-17(28-7-5-21-6-8-28)25-20-19(15)23-11-24-20/h3-4,9-11,21H,5-8H2,1-2H3,(H,26,27)(H,23,24,25). The molecule has 0 atom stereocenters. The van der Waals surface area contributed by atoms with Crippen LogP contribution in [0, 0.1) is 13.8 Å². The van der Waals surface area contributed by atoms with E-state index in [-0.39, 0.29) is 0 Å². The Balaban J connectivity index is 1.65. The number of fused-ring (bicyclic) bond motifs is 1. The van der Waals surface area contributed by atoms with Crippen LogP contribution in [0.15, 0.2) is 30.7 Å². The van der Waals surface area contributed by atoms with Crippen molar-refractivity contribution in [3.63, 3.8) is 0 Å². The number of anilines is 1. The maximum atomic E-state index is 4.77. The normalized spacial score (nSPS) is 14.7. The van der Waals surface area contributed by atoms with Gasteiger partial charge in [-0.25, -0.2) is 9.97 Å². The van der Waals surface area contributed by atoms with E-state index in [0.29, 0.717) is 0 Å². The summed E-state index contributed by atoms with van der Waals surface area (Å²) >= 11 is 0. The Hall–Kier alpha value is -3.26. The number of H-pyrrole nitrogens is 2. The summed E-state index contributed by atoms with van der Waals surface area (Å²) in [6, 6.07) is 6.30. The molecule has 1 aliphatic rings. The molecular formula is C20H22N8. The molecular weight excluding hydrogens is 352 g/mol. The first kappa shape index (κ1) is 16.9. The van der Waals surface area contributed by atoms with E-state index >= 15 is 0 Å². The summed E-state index contributed by atoms with van der Waals surface area (Å²) in [5.74, 6) is 0.963. The van der Waals surface area contributed by atoms with Crippen LogP contribution in [0.3, 0.4) is 0 Å². The van der Waals surface area contributed by atoms with E-state index in [1.165, 1.54) is 0 Å². The number of aromatic amines is 2. The minimum atomic E-state index is 0.736. The van der Waals surface area contributed by atoms with E-state index in [0.717, 1.165) is 76.9 Å². The predicted octanol–water partition coefficient (Wildman–Crippen LogP) is 2.44. The number of aromatic nitrogens is 6. The lowest BCUT2D eigenvalue weighted by atomic mass is 10.0. The maximum Gasteiger partial charge on any atom is 0.180 e. The summed E-state index contributed by atoms with van der Waals surface area (Å²) in [4.78, 5) is 19.3. The van der Waals surface area contributed by atoms with Crippen LogP contribution < -0.4 is 10.2 Å². The van der Waals surface area contributed by atoms with Gasteiger partial charge in [-0.3, -0.25) is 10.1 Å². The minimum Gasteiger partial charge on any atom is -0.354 e. The number of rotatable bonds is 3. The van der Waals surface area contributed by atoms with Gasteiger partial charge in [-0.15, -0.1) is 0 Å². The molecule has 8 nitrogen and oxygen atoms in total. The number of nitrogens with zero attached hydrogens (tertiary/aromatic N) is 5. The third-order valence-corrected chi connectivity index (χ3v) is 5.28. The molecule has 28 heavy (non-hydrogen) atoms. The van der Waals surface area contributed by atoms with E-state index in [4.69, 9.17) is 4.98 Å². The van der Waals surface area contributed by atoms with Crippen LogP contribution in [0.25, 0.3) is 33.5 Å². The van der Waals surface area contributed by atoms with Crippen LogP contribution >= 0.6 is 0 Å². The lowest BCUT2D eigenvalue weighted by molar-refractivity contribution is 0.585. The van der Waals surface area contributed by atoms with E-state index < -0.39 is 0 Å². The number of hydrogen-bond acceptors (Lipinski definition) is 6. The number of hydrogen-bond donors (Lipinski definition) is 3. The second-order valence-electron chi connectivity index (χ2n) is 7.10. The molecule has 5 heterocycles. The van der Waals surface area contributed by atoms with Crippen molar-refractivity contribution in [3.05, 3.63) is 42.1 Å². The number of imidazole rings is 1. The van der Waals surface area contributed by atoms with Crippen LogP contribution in [-0.4, -0.2) is 56.3 Å². The summed E-state index contributed by atoms with van der Waals surface area (Å²) in [5, 5.41) is 10.7. The highest BCUT2D eigenvalue weighted by Gasteiger charge is 2.18. The second-order valence-corrected chi connectivity index (χ2v) is 7.10. The fourth-order valence-electron chi connectivity index (χ4n) is 3.86. The lowest BCUT2D eigenvalue weighted by Crippen LogP contribution is -2.43. The molecule has 0 unspecified atom stereocenters. The van der Waals surface area contributed by atoms with Gasteiger partial charge in [0.05, 0.1) is 23.2 Å². The van der Waals surface area contributed by atoms with Gasteiger partial charge in [-0.1, -0.05) is 0 Å². The van der Waals surface area contributed by atoms with Crippen LogP contribution in [0.4, 0.5) is 5.82 Å². The topological polar surface area (TPSA) is 98.4 Å². The van der Waals surface area contributed by atoms with Crippen molar-refractivity contribution in [2.75, 3.05) is 31.1 Å². The first-order valence-electron chi connectivity index (χ1n) is 9.49. The van der Waals surface area contributed by atoms with Crippen LogP contribution in [-0.2, 0) is 0 Å². The molecule has 142 valence electrons. The van der Waals surface area contributed by atoms with Gasteiger partial charge in [0.15, 0.2) is 5.65 Å². The molecule has 1 saturated heterocycles. The zero-order chi connectivity index (χ0) is 19.1. The van der Waals surface area contributed by atoms with Gasteiger partial charge in [0.25, 0.3) is 0 Å². The molecule has 0 aliphatic carbocycles. The first-order valence-corrected chi connectivity index (χ1v) is 9.49. The molecule has 0 amide bonds. The van der Waals surface area contributed by atoms with Gasteiger partial charge in [-0.05, 0) is 37.6 Å². The molecule has 1 aliphatic heterocycles. The highest BCUT2D eigenvalue weighted by molar-refractivity contribution is 5.92. The van der Waals surface area contributed by atoms with Crippen molar-refractivity contribution >= 4 is 17.0 Å². The molecule has 4 aromatic rings. The Morgan fingerprint density at radius 1 is 1.07 bits per heavy atom. The second kappa shape index (κ2) is 6.72. The molecule has 4 aromatic heterocycles. The van der Waals surface area contributed by atoms with E-state index in [9.17, 15) is 0 Å².